The van der Waals surface area contributed by atoms with Gasteiger partial charge in [-0.05, 0) is 42.5 Å². The van der Waals surface area contributed by atoms with Gasteiger partial charge in [-0.3, -0.25) is 9.59 Å². The minimum Gasteiger partial charge on any atom is -0.470 e. The number of nitrogens with zero attached hydrogens (tertiary/aromatic N) is 2. The molecule has 1 aromatic heterocycles. The lowest BCUT2D eigenvalue weighted by Crippen LogP contribution is -2.19. The number of carbonyl (C=O) groups is 2. The third-order valence-electron chi connectivity index (χ3n) is 3.59. The Labute approximate surface area is 160 Å². The third kappa shape index (κ3) is 4.86. The Kier molecular flexibility index (Phi) is 5.73. The first-order valence-corrected chi connectivity index (χ1v) is 8.49. The van der Waals surface area contributed by atoms with Gasteiger partial charge in [-0.2, -0.15) is 5.10 Å². The second-order valence-corrected chi connectivity index (χ2v) is 6.04. The van der Waals surface area contributed by atoms with E-state index < -0.39 is 0 Å². The predicted molar refractivity (Wildman–Crippen MR) is 103 cm³/mol. The summed E-state index contributed by atoms with van der Waals surface area (Å²) < 4.78 is 7.06. The molecule has 0 unspecified atom stereocenters. The average Bonchev–Trinajstić information content (AvgIpc) is 3.11. The molecule has 2 N–H and O–H groups in total. The van der Waals surface area contributed by atoms with Gasteiger partial charge in [0.2, 0.25) is 5.91 Å². The van der Waals surface area contributed by atoms with Crippen LogP contribution in [0.25, 0.3) is 0 Å². The molecule has 7 nitrogen and oxygen atoms in total. The molecule has 3 aromatic rings. The average molecular weight is 385 g/mol. The van der Waals surface area contributed by atoms with Gasteiger partial charge in [0.25, 0.3) is 5.91 Å². The highest BCUT2D eigenvalue weighted by Crippen LogP contribution is 2.23. The summed E-state index contributed by atoms with van der Waals surface area (Å²) >= 11 is 6.06. The van der Waals surface area contributed by atoms with E-state index in [-0.39, 0.29) is 18.5 Å². The quantitative estimate of drug-likeness (QED) is 0.677. The largest absolute Gasteiger partial charge is 0.470 e. The molecule has 27 heavy (non-hydrogen) atoms. The Morgan fingerprint density at radius 3 is 2.37 bits per heavy atom. The number of ether oxygens (including phenoxy) is 1. The fourth-order valence-electron chi connectivity index (χ4n) is 2.36. The molecule has 0 saturated carbocycles. The number of amides is 2. The molecule has 0 atom stereocenters. The monoisotopic (exact) mass is 384 g/mol. The van der Waals surface area contributed by atoms with Crippen LogP contribution in [0, 0.1) is 0 Å². The highest BCUT2D eigenvalue weighted by Gasteiger charge is 2.13. The van der Waals surface area contributed by atoms with Gasteiger partial charge in [0.1, 0.15) is 11.4 Å². The van der Waals surface area contributed by atoms with Crippen LogP contribution in [0.5, 0.6) is 5.75 Å². The van der Waals surface area contributed by atoms with Crippen LogP contribution in [-0.2, 0) is 11.5 Å². The second-order valence-electron chi connectivity index (χ2n) is 5.63. The molecule has 3 rings (SSSR count). The van der Waals surface area contributed by atoms with E-state index in [1.807, 2.05) is 6.07 Å². The van der Waals surface area contributed by atoms with E-state index in [2.05, 4.69) is 15.7 Å². The molecule has 2 amide bonds. The van der Waals surface area contributed by atoms with Crippen molar-refractivity contribution in [2.24, 2.45) is 0 Å². The maximum absolute atomic E-state index is 12.5. The normalized spacial score (nSPS) is 10.3. The molecule has 0 spiro atoms. The first-order valence-electron chi connectivity index (χ1n) is 8.11. The summed E-state index contributed by atoms with van der Waals surface area (Å²) in [6, 6.07) is 15.5. The van der Waals surface area contributed by atoms with Gasteiger partial charge >= 0.3 is 0 Å². The molecule has 0 aliphatic rings. The molecular weight excluding hydrogens is 368 g/mol. The van der Waals surface area contributed by atoms with Crippen LogP contribution in [0.15, 0.2) is 60.8 Å². The van der Waals surface area contributed by atoms with Gasteiger partial charge < -0.3 is 15.4 Å². The number of carbonyl (C=O) groups excluding carboxylic acids is 2. The lowest BCUT2D eigenvalue weighted by molar-refractivity contribution is -0.114. The smallest absolute Gasteiger partial charge is 0.274 e. The van der Waals surface area contributed by atoms with Gasteiger partial charge in [0.05, 0.1) is 5.02 Å². The van der Waals surface area contributed by atoms with Crippen molar-refractivity contribution < 1.29 is 14.3 Å². The number of rotatable bonds is 6. The molecule has 2 aromatic carbocycles. The van der Waals surface area contributed by atoms with Crippen LogP contribution in [0.2, 0.25) is 5.02 Å². The molecule has 0 aliphatic carbocycles. The highest BCUT2D eigenvalue weighted by atomic mass is 35.5. The van der Waals surface area contributed by atoms with Crippen molar-refractivity contribution in [1.29, 1.82) is 0 Å². The molecule has 138 valence electrons. The molecule has 0 bridgehead atoms. The summed E-state index contributed by atoms with van der Waals surface area (Å²) in [4.78, 5) is 23.6. The number of aromatic nitrogens is 2. The number of nitrogens with one attached hydrogen (secondary N) is 2. The SMILES string of the molecule is CC(=O)Nc1ccc(NC(=O)c2ccnn2COc2ccccc2Cl)cc1. The van der Waals surface area contributed by atoms with Gasteiger partial charge in [-0.25, -0.2) is 4.68 Å². The lowest BCUT2D eigenvalue weighted by Gasteiger charge is -2.11. The third-order valence-corrected chi connectivity index (χ3v) is 3.90. The van der Waals surface area contributed by atoms with Crippen LogP contribution >= 0.6 is 11.6 Å². The fourth-order valence-corrected chi connectivity index (χ4v) is 2.55. The Balaban J connectivity index is 1.65. The topological polar surface area (TPSA) is 85.3 Å². The summed E-state index contributed by atoms with van der Waals surface area (Å²) in [6.45, 7) is 1.47. The highest BCUT2D eigenvalue weighted by molar-refractivity contribution is 6.32. The molecule has 1 heterocycles. The molecule has 0 radical (unpaired) electrons. The number of anilines is 2. The minimum absolute atomic E-state index is 0.0426. The Bertz CT molecular complexity index is 954. The van der Waals surface area contributed by atoms with Crippen LogP contribution in [-0.4, -0.2) is 21.6 Å². The van der Waals surface area contributed by atoms with Crippen molar-refractivity contribution in [2.45, 2.75) is 13.7 Å². The van der Waals surface area contributed by atoms with E-state index in [0.717, 1.165) is 0 Å². The van der Waals surface area contributed by atoms with Crippen molar-refractivity contribution in [3.63, 3.8) is 0 Å². The van der Waals surface area contributed by atoms with E-state index in [0.29, 0.717) is 27.8 Å². The summed E-state index contributed by atoms with van der Waals surface area (Å²) in [5, 5.41) is 10.0. The molecule has 0 fully saturated rings. The second kappa shape index (κ2) is 8.37. The summed E-state index contributed by atoms with van der Waals surface area (Å²) in [6.07, 6.45) is 1.52. The maximum atomic E-state index is 12.5. The Morgan fingerprint density at radius 1 is 1.04 bits per heavy atom. The van der Waals surface area contributed by atoms with Crippen molar-refractivity contribution >= 4 is 34.8 Å². The number of halogens is 1. The summed E-state index contributed by atoms with van der Waals surface area (Å²) in [5.74, 6) is 0.0197. The molecule has 0 aliphatic heterocycles. The number of hydrogen-bond acceptors (Lipinski definition) is 4. The van der Waals surface area contributed by atoms with Crippen LogP contribution in [0.4, 0.5) is 11.4 Å². The van der Waals surface area contributed by atoms with Gasteiger partial charge in [-0.15, -0.1) is 0 Å². The van der Waals surface area contributed by atoms with E-state index in [1.165, 1.54) is 17.8 Å². The predicted octanol–water partition coefficient (Wildman–Crippen LogP) is 3.78. The van der Waals surface area contributed by atoms with Gasteiger partial charge in [0, 0.05) is 24.5 Å². The van der Waals surface area contributed by atoms with E-state index in [1.54, 1.807) is 48.5 Å². The molecular formula is C19H17ClN4O3. The zero-order valence-electron chi connectivity index (χ0n) is 14.5. The Morgan fingerprint density at radius 2 is 1.70 bits per heavy atom. The van der Waals surface area contributed by atoms with Gasteiger partial charge in [0.15, 0.2) is 6.73 Å². The van der Waals surface area contributed by atoms with E-state index in [4.69, 9.17) is 16.3 Å². The maximum Gasteiger partial charge on any atom is 0.274 e. The number of benzene rings is 2. The molecule has 8 heteroatoms. The first-order chi connectivity index (χ1) is 13.0. The van der Waals surface area contributed by atoms with Crippen molar-refractivity contribution in [3.8, 4) is 5.75 Å². The zero-order valence-corrected chi connectivity index (χ0v) is 15.2. The van der Waals surface area contributed by atoms with Crippen LogP contribution < -0.4 is 15.4 Å². The summed E-state index contributed by atoms with van der Waals surface area (Å²) in [7, 11) is 0. The van der Waals surface area contributed by atoms with Crippen molar-refractivity contribution in [3.05, 3.63) is 71.5 Å². The minimum atomic E-state index is -0.331. The lowest BCUT2D eigenvalue weighted by atomic mass is 10.2. The fraction of sp³-hybridized carbons (Fsp3) is 0.105. The van der Waals surface area contributed by atoms with E-state index >= 15 is 0 Å². The summed E-state index contributed by atoms with van der Waals surface area (Å²) in [5.41, 5.74) is 1.58. The van der Waals surface area contributed by atoms with Crippen LogP contribution in [0.3, 0.4) is 0 Å². The van der Waals surface area contributed by atoms with E-state index in [9.17, 15) is 9.59 Å². The first kappa shape index (κ1) is 18.5. The van der Waals surface area contributed by atoms with Crippen molar-refractivity contribution in [2.75, 3.05) is 10.6 Å². The van der Waals surface area contributed by atoms with Crippen LogP contribution in [0.1, 0.15) is 17.4 Å². The number of hydrogen-bond donors (Lipinski definition) is 2. The van der Waals surface area contributed by atoms with Crippen molar-refractivity contribution in [1.82, 2.24) is 9.78 Å². The standard InChI is InChI=1S/C19H17ClN4O3/c1-13(25)22-14-6-8-15(9-7-14)23-19(26)17-10-11-21-24(17)12-27-18-5-3-2-4-16(18)20/h2-11H,12H2,1H3,(H,22,25)(H,23,26). The Hall–Kier alpha value is -3.32. The zero-order chi connectivity index (χ0) is 19.2. The van der Waals surface area contributed by atoms with Gasteiger partial charge in [-0.1, -0.05) is 23.7 Å². The number of para-hydroxylation sites is 1. The molecule has 0 saturated heterocycles.